The molecule has 1 aromatic carbocycles. The number of benzene rings is 1. The van der Waals surface area contributed by atoms with Crippen LogP contribution in [0.25, 0.3) is 0 Å². The number of hydrogen-bond acceptors (Lipinski definition) is 3. The monoisotopic (exact) mass is 221 g/mol. The van der Waals surface area contributed by atoms with Crippen molar-refractivity contribution in [3.63, 3.8) is 0 Å². The topological polar surface area (TPSA) is 38.3 Å². The highest BCUT2D eigenvalue weighted by molar-refractivity contribution is 5.82. The summed E-state index contributed by atoms with van der Waals surface area (Å²) < 4.78 is 4.84. The van der Waals surface area contributed by atoms with Gasteiger partial charge in [0, 0.05) is 0 Å². The molecule has 88 valence electrons. The first-order chi connectivity index (χ1) is 7.45. The van der Waals surface area contributed by atoms with E-state index in [0.29, 0.717) is 0 Å². The van der Waals surface area contributed by atoms with Crippen LogP contribution in [0.5, 0.6) is 0 Å². The van der Waals surface area contributed by atoms with Gasteiger partial charge in [-0.2, -0.15) is 0 Å². The van der Waals surface area contributed by atoms with Crippen LogP contribution in [-0.4, -0.2) is 20.1 Å². The quantitative estimate of drug-likeness (QED) is 0.792. The maximum Gasteiger partial charge on any atom is 0.330 e. The van der Waals surface area contributed by atoms with Crippen molar-refractivity contribution in [1.82, 2.24) is 5.32 Å². The maximum atomic E-state index is 11.8. The van der Waals surface area contributed by atoms with E-state index in [4.69, 9.17) is 4.74 Å². The average Bonchev–Trinajstić information content (AvgIpc) is 2.27. The van der Waals surface area contributed by atoms with E-state index in [9.17, 15) is 4.79 Å². The van der Waals surface area contributed by atoms with E-state index in [0.717, 1.165) is 11.1 Å². The molecule has 0 fully saturated rings. The fourth-order valence-corrected chi connectivity index (χ4v) is 1.93. The molecule has 0 amide bonds. The van der Waals surface area contributed by atoms with Crippen molar-refractivity contribution in [1.29, 1.82) is 0 Å². The Hall–Kier alpha value is -1.35. The minimum atomic E-state index is -0.785. The highest BCUT2D eigenvalue weighted by atomic mass is 16.5. The lowest BCUT2D eigenvalue weighted by Crippen LogP contribution is -2.45. The van der Waals surface area contributed by atoms with E-state index < -0.39 is 5.54 Å². The standard InChI is InChI=1S/C13H19NO2/c1-9-6-7-11(10(2)8-9)13(3,14-4)12(15)16-5/h6-8,14H,1-5H3. The van der Waals surface area contributed by atoms with E-state index in [1.165, 1.54) is 12.7 Å². The van der Waals surface area contributed by atoms with E-state index in [1.807, 2.05) is 32.9 Å². The third kappa shape index (κ3) is 2.09. The van der Waals surface area contributed by atoms with Crippen molar-refractivity contribution in [2.75, 3.05) is 14.2 Å². The summed E-state index contributed by atoms with van der Waals surface area (Å²) in [7, 11) is 3.16. The van der Waals surface area contributed by atoms with Crippen LogP contribution in [0.1, 0.15) is 23.6 Å². The highest BCUT2D eigenvalue weighted by Crippen LogP contribution is 2.25. The molecule has 0 aliphatic heterocycles. The molecule has 3 heteroatoms. The predicted octanol–water partition coefficient (Wildman–Crippen LogP) is 1.91. The number of rotatable bonds is 3. The van der Waals surface area contributed by atoms with Crippen LogP contribution in [0.4, 0.5) is 0 Å². The van der Waals surface area contributed by atoms with Crippen LogP contribution in [-0.2, 0) is 15.1 Å². The molecule has 0 aromatic heterocycles. The van der Waals surface area contributed by atoms with Crippen LogP contribution in [0.3, 0.4) is 0 Å². The van der Waals surface area contributed by atoms with Gasteiger partial charge in [-0.3, -0.25) is 0 Å². The van der Waals surface area contributed by atoms with Crippen molar-refractivity contribution in [3.8, 4) is 0 Å². The maximum absolute atomic E-state index is 11.8. The molecule has 0 saturated carbocycles. The molecular weight excluding hydrogens is 202 g/mol. The Morgan fingerprint density at radius 3 is 2.44 bits per heavy atom. The molecule has 0 heterocycles. The molecule has 1 unspecified atom stereocenters. The van der Waals surface area contributed by atoms with Crippen LogP contribution < -0.4 is 5.32 Å². The van der Waals surface area contributed by atoms with Gasteiger partial charge in [0.25, 0.3) is 0 Å². The number of carbonyl (C=O) groups excluding carboxylic acids is 1. The Bertz CT molecular complexity index is 401. The number of aryl methyl sites for hydroxylation is 2. The lowest BCUT2D eigenvalue weighted by molar-refractivity contribution is -0.148. The summed E-state index contributed by atoms with van der Waals surface area (Å²) in [4.78, 5) is 11.8. The van der Waals surface area contributed by atoms with E-state index >= 15 is 0 Å². The van der Waals surface area contributed by atoms with Crippen molar-refractivity contribution in [3.05, 3.63) is 34.9 Å². The Balaban J connectivity index is 3.28. The fraction of sp³-hybridized carbons (Fsp3) is 0.462. The molecule has 0 spiro atoms. The van der Waals surface area contributed by atoms with Gasteiger partial charge in [-0.1, -0.05) is 23.8 Å². The van der Waals surface area contributed by atoms with Gasteiger partial charge < -0.3 is 10.1 Å². The first-order valence-corrected chi connectivity index (χ1v) is 5.30. The molecular formula is C13H19NO2. The van der Waals surface area contributed by atoms with Crippen molar-refractivity contribution >= 4 is 5.97 Å². The van der Waals surface area contributed by atoms with Gasteiger partial charge in [-0.15, -0.1) is 0 Å². The minimum absolute atomic E-state index is 0.276. The second-order valence-electron chi connectivity index (χ2n) is 4.18. The molecule has 3 nitrogen and oxygen atoms in total. The van der Waals surface area contributed by atoms with Gasteiger partial charge in [-0.05, 0) is 38.9 Å². The molecule has 16 heavy (non-hydrogen) atoms. The number of ether oxygens (including phenoxy) is 1. The molecule has 0 aliphatic rings. The average molecular weight is 221 g/mol. The summed E-state index contributed by atoms with van der Waals surface area (Å²) in [5.74, 6) is -0.276. The Morgan fingerprint density at radius 2 is 2.00 bits per heavy atom. The van der Waals surface area contributed by atoms with Gasteiger partial charge >= 0.3 is 5.97 Å². The van der Waals surface area contributed by atoms with Gasteiger partial charge in [-0.25, -0.2) is 4.79 Å². The molecule has 1 N–H and O–H groups in total. The second kappa shape index (κ2) is 4.66. The Kier molecular flexibility index (Phi) is 3.70. The van der Waals surface area contributed by atoms with E-state index in [2.05, 4.69) is 11.4 Å². The Labute approximate surface area is 96.8 Å². The highest BCUT2D eigenvalue weighted by Gasteiger charge is 2.35. The minimum Gasteiger partial charge on any atom is -0.467 e. The molecule has 0 bridgehead atoms. The molecule has 1 aromatic rings. The number of methoxy groups -OCH3 is 1. The summed E-state index contributed by atoms with van der Waals surface area (Å²) in [5.41, 5.74) is 2.44. The zero-order chi connectivity index (χ0) is 12.3. The molecule has 0 radical (unpaired) electrons. The third-order valence-electron chi connectivity index (χ3n) is 3.01. The SMILES string of the molecule is CNC(C)(C(=O)OC)c1ccc(C)cc1C. The van der Waals surface area contributed by atoms with Crippen LogP contribution in [0, 0.1) is 13.8 Å². The van der Waals surface area contributed by atoms with Crippen LogP contribution >= 0.6 is 0 Å². The normalized spacial score (nSPS) is 14.3. The number of carbonyl (C=O) groups is 1. The lowest BCUT2D eigenvalue weighted by atomic mass is 9.88. The van der Waals surface area contributed by atoms with Crippen molar-refractivity contribution in [2.24, 2.45) is 0 Å². The van der Waals surface area contributed by atoms with Crippen LogP contribution in [0.2, 0.25) is 0 Å². The smallest absolute Gasteiger partial charge is 0.330 e. The van der Waals surface area contributed by atoms with Crippen LogP contribution in [0.15, 0.2) is 18.2 Å². The molecule has 1 rings (SSSR count). The second-order valence-corrected chi connectivity index (χ2v) is 4.18. The number of nitrogens with one attached hydrogen (secondary N) is 1. The van der Waals surface area contributed by atoms with Crippen molar-refractivity contribution < 1.29 is 9.53 Å². The largest absolute Gasteiger partial charge is 0.467 e. The summed E-state index contributed by atoms with van der Waals surface area (Å²) in [6.45, 7) is 5.86. The molecule has 0 saturated heterocycles. The van der Waals surface area contributed by atoms with Gasteiger partial charge in [0.15, 0.2) is 0 Å². The van der Waals surface area contributed by atoms with Crippen molar-refractivity contribution in [2.45, 2.75) is 26.3 Å². The molecule has 0 aliphatic carbocycles. The lowest BCUT2D eigenvalue weighted by Gasteiger charge is -2.28. The fourth-order valence-electron chi connectivity index (χ4n) is 1.93. The van der Waals surface area contributed by atoms with E-state index in [1.54, 1.807) is 7.05 Å². The summed E-state index contributed by atoms with van der Waals surface area (Å²) in [6, 6.07) is 6.03. The van der Waals surface area contributed by atoms with Gasteiger partial charge in [0.05, 0.1) is 7.11 Å². The number of likely N-dealkylation sites (N-methyl/N-ethyl adjacent to an activating group) is 1. The summed E-state index contributed by atoms with van der Waals surface area (Å²) in [5, 5.41) is 3.03. The summed E-state index contributed by atoms with van der Waals surface area (Å²) >= 11 is 0. The molecule has 1 atom stereocenters. The zero-order valence-electron chi connectivity index (χ0n) is 10.5. The van der Waals surface area contributed by atoms with Gasteiger partial charge in [0.2, 0.25) is 0 Å². The Morgan fingerprint density at radius 1 is 1.38 bits per heavy atom. The first kappa shape index (κ1) is 12.7. The summed E-state index contributed by atoms with van der Waals surface area (Å²) in [6.07, 6.45) is 0. The predicted molar refractivity (Wildman–Crippen MR) is 64.3 cm³/mol. The number of esters is 1. The zero-order valence-corrected chi connectivity index (χ0v) is 10.5. The van der Waals surface area contributed by atoms with Gasteiger partial charge in [0.1, 0.15) is 5.54 Å². The number of hydrogen-bond donors (Lipinski definition) is 1. The first-order valence-electron chi connectivity index (χ1n) is 5.30. The third-order valence-corrected chi connectivity index (χ3v) is 3.01. The van der Waals surface area contributed by atoms with E-state index in [-0.39, 0.29) is 5.97 Å².